The Balaban J connectivity index is 0.000000175. The molecule has 4 amide bonds. The quantitative estimate of drug-likeness (QED) is 0.0235. The van der Waals surface area contributed by atoms with Crippen molar-refractivity contribution in [2.75, 3.05) is 89.4 Å². The number of nitrogens with two attached hydrogens (primary N) is 3. The molecule has 10 N–H and O–H groups in total. The summed E-state index contributed by atoms with van der Waals surface area (Å²) >= 11 is 6.63. The Morgan fingerprint density at radius 1 is 0.490 bits per heavy atom. The molecule has 35 nitrogen and oxygen atoms in total. The van der Waals surface area contributed by atoms with Crippen LogP contribution in [0.25, 0.3) is 33.9 Å². The van der Waals surface area contributed by atoms with Crippen LogP contribution in [0, 0.1) is 53.6 Å². The third-order valence-electron chi connectivity index (χ3n) is 24.7. The number of benzene rings is 2. The summed E-state index contributed by atoms with van der Waals surface area (Å²) in [5.41, 5.74) is 17.3. The monoisotopic (exact) mass is 2130 g/mol. The SMILES string of the molecule is CC(C)COc1cc(F)cc(-c2ccc(C(=O)NS(=O)(=O)C3CCOC3)c(N3C[C@@H](C)CC3(C)C)n2)c1.CC(C)COc1cc(F)cc(-c2nc(N3C[C@@H](C)CC3(C)C)c(C(=O)NS(=O)(=O)c3cccc(N)n3)cc2Cl)c1.CC1(C)CN(c2ncc(C(F)(F)F)cc2C(=O)NS(=O)(=O)c2cccc(N)n2)C(C)(C)C1.Cc1cc(OC(C)C)nc(-c2ccc(C(=O)NS(=O)(=O)c3cccc(N)n3)c(N3C[C@@H](C)CC3(C)C)n2)c1. The topological polar surface area (TPSA) is 484 Å². The summed E-state index contributed by atoms with van der Waals surface area (Å²) in [7, 11) is -17.0. The molecular weight excluding hydrogens is 2010 g/mol. The van der Waals surface area contributed by atoms with Crippen LogP contribution in [-0.4, -0.2) is 183 Å². The van der Waals surface area contributed by atoms with Crippen LogP contribution >= 0.6 is 11.6 Å². The maximum absolute atomic E-state index is 14.6. The Hall–Kier alpha value is -12.8. The lowest BCUT2D eigenvalue weighted by Gasteiger charge is -2.34. The van der Waals surface area contributed by atoms with Crippen molar-refractivity contribution >= 4 is 116 Å². The molecule has 147 heavy (non-hydrogen) atoms. The zero-order valence-electron chi connectivity index (χ0n) is 85.6. The zero-order valence-corrected chi connectivity index (χ0v) is 89.6. The van der Waals surface area contributed by atoms with Gasteiger partial charge in [-0.05, 0) is 252 Å². The Bertz CT molecular complexity index is 7110. The van der Waals surface area contributed by atoms with Crippen LogP contribution < -0.4 is 69.9 Å². The lowest BCUT2D eigenvalue weighted by atomic mass is 9.86. The number of nitrogens with zero attached hydrogens (tertiary/aromatic N) is 12. The van der Waals surface area contributed by atoms with Gasteiger partial charge >= 0.3 is 6.18 Å². The first-order valence-corrected chi connectivity index (χ1v) is 54.1. The highest BCUT2D eigenvalue weighted by Gasteiger charge is 2.48. The molecule has 0 spiro atoms. The Labute approximate surface area is 859 Å². The Kier molecular flexibility index (Phi) is 34.1. The first-order chi connectivity index (χ1) is 68.3. The van der Waals surface area contributed by atoms with Crippen molar-refractivity contribution in [3.8, 4) is 51.3 Å². The van der Waals surface area contributed by atoms with Crippen molar-refractivity contribution in [1.82, 2.24) is 58.8 Å². The summed E-state index contributed by atoms with van der Waals surface area (Å²) in [4.78, 5) is 95.3. The zero-order chi connectivity index (χ0) is 108. The third kappa shape index (κ3) is 28.2. The molecule has 792 valence electrons. The molecule has 5 aliphatic rings. The van der Waals surface area contributed by atoms with E-state index in [-0.39, 0.29) is 108 Å². The Morgan fingerprint density at radius 3 is 1.32 bits per heavy atom. The molecule has 8 aromatic heterocycles. The predicted octanol–water partition coefficient (Wildman–Crippen LogP) is 16.9. The molecule has 1 unspecified atom stereocenters. The first kappa shape index (κ1) is 113. The van der Waals surface area contributed by atoms with Crippen LogP contribution in [0.2, 0.25) is 5.02 Å². The normalized spacial score (nSPS) is 18.3. The second-order valence-corrected chi connectivity index (χ2v) is 49.4. The second kappa shape index (κ2) is 44.3. The number of carbonyl (C=O) groups is 4. The van der Waals surface area contributed by atoms with E-state index in [1.54, 1.807) is 46.0 Å². The molecule has 15 rings (SSSR count). The van der Waals surface area contributed by atoms with E-state index in [4.69, 9.17) is 62.7 Å². The minimum Gasteiger partial charge on any atom is -0.493 e. The van der Waals surface area contributed by atoms with Crippen LogP contribution in [0.15, 0.2) is 161 Å². The number of hydrogen-bond donors (Lipinski definition) is 7. The van der Waals surface area contributed by atoms with Gasteiger partial charge in [-0.3, -0.25) is 19.2 Å². The highest BCUT2D eigenvalue weighted by molar-refractivity contribution is 7.91. The van der Waals surface area contributed by atoms with E-state index in [0.29, 0.717) is 140 Å². The molecule has 0 bridgehead atoms. The summed E-state index contributed by atoms with van der Waals surface area (Å²) in [6.07, 6.45) is -0.567. The Morgan fingerprint density at radius 2 is 0.912 bits per heavy atom. The van der Waals surface area contributed by atoms with Gasteiger partial charge in [0.1, 0.15) is 69.1 Å². The van der Waals surface area contributed by atoms with Crippen molar-refractivity contribution in [2.24, 2.45) is 35.0 Å². The summed E-state index contributed by atoms with van der Waals surface area (Å²) in [5, 5.41) is -2.00. The van der Waals surface area contributed by atoms with Gasteiger partial charge in [-0.1, -0.05) is 92.1 Å². The fraction of sp³-hybridized carbons (Fsp3) is 0.451. The van der Waals surface area contributed by atoms with Gasteiger partial charge in [0.05, 0.1) is 81.5 Å². The lowest BCUT2D eigenvalue weighted by molar-refractivity contribution is -0.137. The third-order valence-corrected chi connectivity index (χ3v) is 30.4. The van der Waals surface area contributed by atoms with Gasteiger partial charge in [0.15, 0.2) is 15.1 Å². The number of aryl methyl sites for hydroxylation is 1. The van der Waals surface area contributed by atoms with E-state index < -0.39 is 119 Å². The van der Waals surface area contributed by atoms with Crippen LogP contribution in [0.4, 0.5) is 62.7 Å². The number of amides is 4. The van der Waals surface area contributed by atoms with Gasteiger partial charge in [-0.15, -0.1) is 0 Å². The number of rotatable bonds is 27. The number of carbonyl (C=O) groups excluding carboxylic acids is 4. The van der Waals surface area contributed by atoms with Gasteiger partial charge in [0.25, 0.3) is 53.7 Å². The fourth-order valence-electron chi connectivity index (χ4n) is 18.8. The van der Waals surface area contributed by atoms with Gasteiger partial charge in [0.2, 0.25) is 15.9 Å². The molecule has 2 aromatic carbocycles. The molecule has 0 radical (unpaired) electrons. The smallest absolute Gasteiger partial charge is 0.417 e. The number of alkyl halides is 3. The number of nitrogen functional groups attached to an aromatic ring is 3. The highest BCUT2D eigenvalue weighted by atomic mass is 35.5. The minimum atomic E-state index is -4.77. The lowest BCUT2D eigenvalue weighted by Crippen LogP contribution is -2.42. The van der Waals surface area contributed by atoms with E-state index in [1.165, 1.54) is 78.9 Å². The van der Waals surface area contributed by atoms with E-state index in [9.17, 15) is 74.8 Å². The van der Waals surface area contributed by atoms with Crippen molar-refractivity contribution in [1.29, 1.82) is 0 Å². The fourth-order valence-corrected chi connectivity index (χ4v) is 23.1. The number of sulfonamides is 4. The number of ether oxygens (including phenoxy) is 4. The minimum absolute atomic E-state index is 0.00952. The second-order valence-electron chi connectivity index (χ2n) is 42.1. The molecule has 13 heterocycles. The molecule has 10 aromatic rings. The first-order valence-electron chi connectivity index (χ1n) is 47.7. The molecule has 0 aliphatic carbocycles. The summed E-state index contributed by atoms with van der Waals surface area (Å²) in [5.74, 6) is -1.13. The molecule has 0 saturated carbocycles. The van der Waals surface area contributed by atoms with Crippen molar-refractivity contribution < 1.29 is 93.7 Å². The average molecular weight is 2130 g/mol. The molecule has 45 heteroatoms. The standard InChI is InChI=1S/C28H33ClFN5O4S.C27H36FN3O5S.C27H34N6O4S.C20H24F3N5O3S/c1-16(2)15-39-20-10-18(9-19(30)11-20)25-22(29)12-21(26(33-25)35-14-17(3)13-28(35,4)5)27(36)34-40(37,38)24-8-6-7-23(31)32-24;1-17(2)15-36-21-11-19(10-20(28)12-21)24-7-6-23(25(29-24)31-14-18(3)13-27(31,4)5)26(32)30-37(33,34)22-8-9-35-16-22;1-16(2)37-23-13-17(3)12-21(29-23)20-11-10-19(25(30-20)33-15-18(4)14-27(33,5)6)26(34)32-38(35,36)24-9-7-8-22(28)31-24;1-18(2)10-19(3,4)28(11-18)16-13(8-12(9-25-16)20(21,22)23)17(29)27-32(30,31)15-7-5-6-14(24)26-15/h6-12,16-17H,13-15H2,1-5H3,(H2,31,32)(H,34,36);6-7,10-12,17-18,22H,8-9,13-16H2,1-5H3,(H,30,32);7-13,16,18H,14-15H2,1-6H3,(H2,28,31)(H,32,34);5-9H,10-11H2,1-4H3,(H2,24,26)(H,27,29)/t17-;18-,22?;18-;/m000./s1. The van der Waals surface area contributed by atoms with Crippen LogP contribution in [0.3, 0.4) is 0 Å². The number of aromatic nitrogens is 8. The van der Waals surface area contributed by atoms with Crippen LogP contribution in [0.5, 0.6) is 17.4 Å². The number of halogens is 6. The maximum Gasteiger partial charge on any atom is 0.417 e. The van der Waals surface area contributed by atoms with E-state index in [0.717, 1.165) is 30.9 Å². The summed E-state index contributed by atoms with van der Waals surface area (Å²) in [6, 6.07) is 32.9. The number of anilines is 7. The van der Waals surface area contributed by atoms with Crippen molar-refractivity contribution in [3.05, 3.63) is 196 Å². The van der Waals surface area contributed by atoms with Gasteiger partial charge in [0, 0.05) is 90.5 Å². The van der Waals surface area contributed by atoms with E-state index in [1.807, 2.05) is 112 Å². The maximum atomic E-state index is 14.6. The van der Waals surface area contributed by atoms with Crippen LogP contribution in [-0.2, 0) is 51.0 Å². The highest BCUT2D eigenvalue weighted by Crippen LogP contribution is 2.48. The molecular formula is C102H127ClF5N19O16S4. The predicted molar refractivity (Wildman–Crippen MR) is 553 cm³/mol. The number of hydrogen-bond acceptors (Lipinski definition) is 31. The van der Waals surface area contributed by atoms with Gasteiger partial charge in [-0.25, -0.2) is 76.0 Å². The molecule has 5 fully saturated rings. The van der Waals surface area contributed by atoms with Crippen molar-refractivity contribution in [2.45, 2.75) is 225 Å². The van der Waals surface area contributed by atoms with E-state index in [2.05, 4.69) is 92.5 Å². The number of nitrogens with one attached hydrogen (secondary N) is 4. The summed E-state index contributed by atoms with van der Waals surface area (Å²) in [6.45, 7) is 43.8. The largest absolute Gasteiger partial charge is 0.493 e. The molecule has 4 atom stereocenters. The van der Waals surface area contributed by atoms with Gasteiger partial charge in [-0.2, -0.15) is 38.4 Å². The number of pyridine rings is 8. The molecule has 5 aliphatic heterocycles. The van der Waals surface area contributed by atoms with Gasteiger partial charge < -0.3 is 55.7 Å². The summed E-state index contributed by atoms with van der Waals surface area (Å²) < 4.78 is 202. The molecule has 5 saturated heterocycles. The van der Waals surface area contributed by atoms with Crippen LogP contribution in [0.1, 0.15) is 216 Å². The van der Waals surface area contributed by atoms with E-state index >= 15 is 0 Å². The van der Waals surface area contributed by atoms with Crippen molar-refractivity contribution in [3.63, 3.8) is 0 Å². The average Bonchev–Trinajstić information content (AvgIpc) is 1.66.